The Balaban J connectivity index is 2.72. The number of nitrogens with zero attached hydrogens (tertiary/aromatic N) is 2. The van der Waals surface area contributed by atoms with Gasteiger partial charge in [0, 0.05) is 23.9 Å². The minimum Gasteiger partial charge on any atom is -0.389 e. The number of halogens is 4. The van der Waals surface area contributed by atoms with Crippen molar-refractivity contribution in [3.05, 3.63) is 51.2 Å². The Labute approximate surface area is 139 Å². The second kappa shape index (κ2) is 6.19. The van der Waals surface area contributed by atoms with Crippen molar-refractivity contribution in [1.82, 2.24) is 9.78 Å². The topological polar surface area (TPSA) is 72.9 Å². The summed E-state index contributed by atoms with van der Waals surface area (Å²) in [7, 11) is 1.52. The van der Waals surface area contributed by atoms with Gasteiger partial charge in [-0.05, 0) is 19.1 Å². The Morgan fingerprint density at radius 3 is 2.50 bits per heavy atom. The van der Waals surface area contributed by atoms with Crippen LogP contribution in [0.2, 0.25) is 0 Å². The van der Waals surface area contributed by atoms with Gasteiger partial charge >= 0.3 is 6.18 Å². The highest BCUT2D eigenvalue weighted by atomic mass is 32.1. The zero-order valence-electron chi connectivity index (χ0n) is 12.5. The maximum atomic E-state index is 14.3. The fraction of sp³-hybridized carbons (Fsp3) is 0.214. The number of rotatable bonds is 3. The third kappa shape index (κ3) is 3.09. The maximum Gasteiger partial charge on any atom is 0.418 e. The van der Waals surface area contributed by atoms with Crippen LogP contribution < -0.4 is 16.6 Å². The number of hydrogen-bond donors (Lipinski definition) is 2. The molecular weight excluding hydrogens is 348 g/mol. The number of nitrogens with two attached hydrogens (primary N) is 1. The number of alkyl halides is 3. The van der Waals surface area contributed by atoms with Crippen molar-refractivity contribution in [1.29, 1.82) is 0 Å². The van der Waals surface area contributed by atoms with E-state index in [9.17, 15) is 22.4 Å². The van der Waals surface area contributed by atoms with Gasteiger partial charge in [-0.2, -0.15) is 23.0 Å². The van der Waals surface area contributed by atoms with Gasteiger partial charge in [0.15, 0.2) is 0 Å². The lowest BCUT2D eigenvalue weighted by Gasteiger charge is -2.14. The smallest absolute Gasteiger partial charge is 0.389 e. The molecule has 10 heteroatoms. The summed E-state index contributed by atoms with van der Waals surface area (Å²) in [5, 5.41) is 6.17. The first-order valence-corrected chi connectivity index (χ1v) is 6.96. The Kier molecular flexibility index (Phi) is 4.61. The van der Waals surface area contributed by atoms with Gasteiger partial charge in [0.05, 0.1) is 11.8 Å². The predicted octanol–water partition coefficient (Wildman–Crippen LogP) is 2.37. The van der Waals surface area contributed by atoms with Gasteiger partial charge in [0.25, 0.3) is 5.56 Å². The first-order valence-electron chi connectivity index (χ1n) is 6.55. The van der Waals surface area contributed by atoms with E-state index in [1.165, 1.54) is 13.1 Å². The summed E-state index contributed by atoms with van der Waals surface area (Å²) in [6.07, 6.45) is -4.24. The average molecular weight is 360 g/mol. The molecule has 0 aliphatic carbocycles. The summed E-state index contributed by atoms with van der Waals surface area (Å²) in [5.74, 6) is -0.898. The summed E-state index contributed by atoms with van der Waals surface area (Å²) in [4.78, 5) is 12.1. The zero-order chi connectivity index (χ0) is 18.2. The van der Waals surface area contributed by atoms with Crippen molar-refractivity contribution in [2.45, 2.75) is 13.1 Å². The van der Waals surface area contributed by atoms with E-state index in [2.05, 4.69) is 10.4 Å². The number of nitrogens with one attached hydrogen (secondary N) is 1. The van der Waals surface area contributed by atoms with Gasteiger partial charge in [-0.25, -0.2) is 4.39 Å². The molecule has 0 aliphatic rings. The van der Waals surface area contributed by atoms with Crippen LogP contribution in [0.1, 0.15) is 16.7 Å². The van der Waals surface area contributed by atoms with Gasteiger partial charge in [-0.1, -0.05) is 12.2 Å². The first kappa shape index (κ1) is 17.9. The van der Waals surface area contributed by atoms with Crippen LogP contribution in [0, 0.1) is 12.7 Å². The average Bonchev–Trinajstić information content (AvgIpc) is 2.48. The normalized spacial score (nSPS) is 11.4. The molecule has 5 nitrogen and oxygen atoms in total. The number of thiocarbonyl (C=S) groups is 1. The molecule has 24 heavy (non-hydrogen) atoms. The van der Waals surface area contributed by atoms with E-state index in [1.807, 2.05) is 0 Å². The molecule has 128 valence electrons. The van der Waals surface area contributed by atoms with Crippen molar-refractivity contribution in [3.8, 4) is 5.69 Å². The molecule has 1 aromatic carbocycles. The van der Waals surface area contributed by atoms with Crippen LogP contribution in [0.4, 0.5) is 23.2 Å². The molecule has 0 unspecified atom stereocenters. The number of hydrogen-bond acceptors (Lipinski definition) is 4. The maximum absolute atomic E-state index is 14.3. The van der Waals surface area contributed by atoms with Crippen molar-refractivity contribution in [2.75, 3.05) is 12.4 Å². The molecule has 0 saturated carbocycles. The van der Waals surface area contributed by atoms with Crippen molar-refractivity contribution >= 4 is 22.9 Å². The molecular formula is C14H12F4N4OS. The summed E-state index contributed by atoms with van der Waals surface area (Å²) in [6.45, 7) is 1.00. The Hall–Kier alpha value is -2.49. The van der Waals surface area contributed by atoms with E-state index in [0.29, 0.717) is 16.6 Å². The summed E-state index contributed by atoms with van der Waals surface area (Å²) >= 11 is 4.80. The van der Waals surface area contributed by atoms with Gasteiger partial charge < -0.3 is 11.1 Å². The van der Waals surface area contributed by atoms with Crippen molar-refractivity contribution in [2.24, 2.45) is 5.73 Å². The van der Waals surface area contributed by atoms with Crippen LogP contribution in [0.25, 0.3) is 5.69 Å². The fourth-order valence-corrected chi connectivity index (χ4v) is 2.30. The van der Waals surface area contributed by atoms with Crippen LogP contribution in [-0.2, 0) is 6.18 Å². The molecule has 0 atom stereocenters. The van der Waals surface area contributed by atoms with Crippen LogP contribution in [0.3, 0.4) is 0 Å². The molecule has 1 heterocycles. The second-order valence-electron chi connectivity index (χ2n) is 4.86. The second-order valence-corrected chi connectivity index (χ2v) is 5.30. The molecule has 3 N–H and O–H groups in total. The van der Waals surface area contributed by atoms with E-state index in [0.717, 1.165) is 13.0 Å². The molecule has 0 radical (unpaired) electrons. The summed E-state index contributed by atoms with van der Waals surface area (Å²) < 4.78 is 53.3. The van der Waals surface area contributed by atoms with Crippen molar-refractivity contribution in [3.63, 3.8) is 0 Å². The highest BCUT2D eigenvalue weighted by Gasteiger charge is 2.34. The van der Waals surface area contributed by atoms with E-state index < -0.39 is 28.7 Å². The van der Waals surface area contributed by atoms with Crippen molar-refractivity contribution < 1.29 is 17.6 Å². The summed E-state index contributed by atoms with van der Waals surface area (Å²) in [5.41, 5.74) is 2.85. The standard InChI is InChI=1S/C14H12F4N4OS/c1-6-8(14(16,17)18)5-21-22(13(6)23)11-4-10(20-2)7(12(19)24)3-9(11)15/h3-5,20H,1-2H3,(H2,19,24). The lowest BCUT2D eigenvalue weighted by Crippen LogP contribution is -2.28. The number of benzene rings is 1. The van der Waals surface area contributed by atoms with Crippen LogP contribution in [0.15, 0.2) is 23.1 Å². The quantitative estimate of drug-likeness (QED) is 0.650. The highest BCUT2D eigenvalue weighted by Crippen LogP contribution is 2.30. The molecule has 2 aromatic rings. The van der Waals surface area contributed by atoms with Crippen LogP contribution in [-0.4, -0.2) is 21.8 Å². The molecule has 0 saturated heterocycles. The number of aromatic nitrogens is 2. The monoisotopic (exact) mass is 360 g/mol. The summed E-state index contributed by atoms with van der Waals surface area (Å²) in [6, 6.07) is 2.19. The number of anilines is 1. The third-order valence-electron chi connectivity index (χ3n) is 3.37. The SMILES string of the molecule is CNc1cc(-n2ncc(C(F)(F)F)c(C)c2=O)c(F)cc1C(N)=S. The van der Waals surface area contributed by atoms with Gasteiger partial charge in [-0.15, -0.1) is 0 Å². The fourth-order valence-electron chi connectivity index (χ4n) is 2.13. The Bertz CT molecular complexity index is 876. The van der Waals surface area contributed by atoms with E-state index in [1.54, 1.807) is 0 Å². The molecule has 0 spiro atoms. The van der Waals surface area contributed by atoms with Gasteiger partial charge in [-0.3, -0.25) is 4.79 Å². The zero-order valence-corrected chi connectivity index (χ0v) is 13.3. The van der Waals surface area contributed by atoms with E-state index in [4.69, 9.17) is 18.0 Å². The first-order chi connectivity index (χ1) is 11.1. The van der Waals surface area contributed by atoms with E-state index in [-0.39, 0.29) is 16.2 Å². The Morgan fingerprint density at radius 2 is 2.00 bits per heavy atom. The lowest BCUT2D eigenvalue weighted by molar-refractivity contribution is -0.138. The molecule has 2 rings (SSSR count). The molecule has 0 amide bonds. The van der Waals surface area contributed by atoms with E-state index >= 15 is 0 Å². The largest absolute Gasteiger partial charge is 0.418 e. The third-order valence-corrected chi connectivity index (χ3v) is 3.59. The lowest BCUT2D eigenvalue weighted by atomic mass is 10.1. The van der Waals surface area contributed by atoms with Crippen LogP contribution in [0.5, 0.6) is 0 Å². The predicted molar refractivity (Wildman–Crippen MR) is 85.0 cm³/mol. The molecule has 1 aromatic heterocycles. The Morgan fingerprint density at radius 1 is 1.38 bits per heavy atom. The molecule has 0 aliphatic heterocycles. The van der Waals surface area contributed by atoms with Crippen LogP contribution >= 0.6 is 12.2 Å². The molecule has 0 bridgehead atoms. The minimum atomic E-state index is -4.72. The minimum absolute atomic E-state index is 0.0753. The van der Waals surface area contributed by atoms with Gasteiger partial charge in [0.2, 0.25) is 0 Å². The van der Waals surface area contributed by atoms with Gasteiger partial charge in [0.1, 0.15) is 16.5 Å². The molecule has 0 fully saturated rings. The highest BCUT2D eigenvalue weighted by molar-refractivity contribution is 7.80.